The fraction of sp³-hybridized carbons (Fsp3) is 0.273. The summed E-state index contributed by atoms with van der Waals surface area (Å²) in [7, 11) is 0. The van der Waals surface area contributed by atoms with Crippen molar-refractivity contribution in [3.8, 4) is 11.4 Å². The molecule has 0 bridgehead atoms. The van der Waals surface area contributed by atoms with Crippen LogP contribution < -0.4 is 5.32 Å². The van der Waals surface area contributed by atoms with E-state index in [4.69, 9.17) is 0 Å². The molecule has 0 saturated carbocycles. The first-order valence-corrected chi connectivity index (χ1v) is 9.53. The average Bonchev–Trinajstić information content (AvgIpc) is 3.16. The maximum Gasteiger partial charge on any atom is 0.223 e. The van der Waals surface area contributed by atoms with Crippen LogP contribution in [0.1, 0.15) is 29.7 Å². The minimum absolute atomic E-state index is 0.203. The van der Waals surface area contributed by atoms with Crippen molar-refractivity contribution in [1.29, 1.82) is 0 Å². The molecule has 0 atom stereocenters. The number of benzene rings is 1. The van der Waals surface area contributed by atoms with Gasteiger partial charge in [-0.15, -0.1) is 0 Å². The lowest BCUT2D eigenvalue weighted by Crippen LogP contribution is -2.25. The van der Waals surface area contributed by atoms with Crippen molar-refractivity contribution in [2.45, 2.75) is 32.9 Å². The van der Waals surface area contributed by atoms with Crippen molar-refractivity contribution < 1.29 is 4.79 Å². The molecule has 0 unspecified atom stereocenters. The van der Waals surface area contributed by atoms with Gasteiger partial charge in [-0.1, -0.05) is 24.3 Å². The SMILES string of the molecule is Cc1cc(NCCCC(=O)N2Cc3ccccc3C2)nc(-c2ccncc2)n1. The van der Waals surface area contributed by atoms with Gasteiger partial charge in [-0.05, 0) is 36.6 Å². The molecule has 6 heteroatoms. The predicted octanol–water partition coefficient (Wildman–Crippen LogP) is 3.58. The lowest BCUT2D eigenvalue weighted by molar-refractivity contribution is -0.131. The van der Waals surface area contributed by atoms with Gasteiger partial charge in [0.2, 0.25) is 5.91 Å². The fourth-order valence-corrected chi connectivity index (χ4v) is 3.41. The van der Waals surface area contributed by atoms with Gasteiger partial charge in [0.15, 0.2) is 5.82 Å². The Kier molecular flexibility index (Phi) is 5.28. The van der Waals surface area contributed by atoms with Crippen molar-refractivity contribution in [2.24, 2.45) is 0 Å². The first-order valence-electron chi connectivity index (χ1n) is 9.53. The number of nitrogens with zero attached hydrogens (tertiary/aromatic N) is 4. The normalized spacial score (nSPS) is 12.7. The van der Waals surface area contributed by atoms with E-state index < -0.39 is 0 Å². The summed E-state index contributed by atoms with van der Waals surface area (Å²) in [5, 5.41) is 3.32. The second-order valence-corrected chi connectivity index (χ2v) is 7.00. The van der Waals surface area contributed by atoms with E-state index >= 15 is 0 Å². The van der Waals surface area contributed by atoms with Crippen molar-refractivity contribution in [1.82, 2.24) is 19.9 Å². The Hall–Kier alpha value is -3.28. The first-order chi connectivity index (χ1) is 13.7. The summed E-state index contributed by atoms with van der Waals surface area (Å²) in [5.41, 5.74) is 4.35. The van der Waals surface area contributed by atoms with Gasteiger partial charge in [0.05, 0.1) is 0 Å². The summed E-state index contributed by atoms with van der Waals surface area (Å²) in [6.45, 7) is 4.09. The molecule has 1 amide bonds. The van der Waals surface area contributed by atoms with Crippen LogP contribution in [0.2, 0.25) is 0 Å². The minimum atomic E-state index is 0.203. The number of hydrogen-bond donors (Lipinski definition) is 1. The number of amides is 1. The molecule has 1 N–H and O–H groups in total. The number of aryl methyl sites for hydroxylation is 1. The van der Waals surface area contributed by atoms with Gasteiger partial charge in [0.25, 0.3) is 0 Å². The third-order valence-corrected chi connectivity index (χ3v) is 4.86. The highest BCUT2D eigenvalue weighted by molar-refractivity contribution is 5.77. The van der Waals surface area contributed by atoms with Crippen LogP contribution in [-0.4, -0.2) is 32.3 Å². The number of anilines is 1. The van der Waals surface area contributed by atoms with Crippen LogP contribution in [0.15, 0.2) is 54.9 Å². The number of fused-ring (bicyclic) bond motifs is 1. The highest BCUT2D eigenvalue weighted by Crippen LogP contribution is 2.23. The zero-order chi connectivity index (χ0) is 19.3. The van der Waals surface area contributed by atoms with E-state index in [0.717, 1.165) is 36.6 Å². The minimum Gasteiger partial charge on any atom is -0.370 e. The van der Waals surface area contributed by atoms with Crippen LogP contribution in [0.3, 0.4) is 0 Å². The van der Waals surface area contributed by atoms with Crippen LogP contribution in [-0.2, 0) is 17.9 Å². The zero-order valence-corrected chi connectivity index (χ0v) is 15.9. The van der Waals surface area contributed by atoms with E-state index in [1.807, 2.05) is 42.2 Å². The van der Waals surface area contributed by atoms with Crippen LogP contribution in [0.5, 0.6) is 0 Å². The molecule has 0 saturated heterocycles. The van der Waals surface area contributed by atoms with Gasteiger partial charge in [-0.25, -0.2) is 9.97 Å². The van der Waals surface area contributed by atoms with E-state index in [2.05, 4.69) is 32.4 Å². The maximum atomic E-state index is 12.5. The number of hydrogen-bond acceptors (Lipinski definition) is 5. The third-order valence-electron chi connectivity index (χ3n) is 4.86. The Morgan fingerprint density at radius 2 is 1.79 bits per heavy atom. The van der Waals surface area contributed by atoms with Crippen LogP contribution in [0.4, 0.5) is 5.82 Å². The highest BCUT2D eigenvalue weighted by atomic mass is 16.2. The van der Waals surface area contributed by atoms with E-state index in [9.17, 15) is 4.79 Å². The molecule has 0 spiro atoms. The lowest BCUT2D eigenvalue weighted by Gasteiger charge is -2.15. The molecular weight excluding hydrogens is 350 g/mol. The first kappa shape index (κ1) is 18.1. The smallest absolute Gasteiger partial charge is 0.223 e. The molecule has 6 nitrogen and oxygen atoms in total. The molecule has 3 heterocycles. The monoisotopic (exact) mass is 373 g/mol. The lowest BCUT2D eigenvalue weighted by atomic mass is 10.1. The van der Waals surface area contributed by atoms with Crippen molar-refractivity contribution >= 4 is 11.7 Å². The highest BCUT2D eigenvalue weighted by Gasteiger charge is 2.22. The van der Waals surface area contributed by atoms with Gasteiger partial charge in [-0.3, -0.25) is 9.78 Å². The van der Waals surface area contributed by atoms with Crippen molar-refractivity contribution in [2.75, 3.05) is 11.9 Å². The maximum absolute atomic E-state index is 12.5. The summed E-state index contributed by atoms with van der Waals surface area (Å²) in [6, 6.07) is 14.0. The second kappa shape index (κ2) is 8.17. The third kappa shape index (κ3) is 4.17. The topological polar surface area (TPSA) is 71.0 Å². The molecule has 0 radical (unpaired) electrons. The summed E-state index contributed by atoms with van der Waals surface area (Å²) < 4.78 is 0. The van der Waals surface area contributed by atoms with Crippen molar-refractivity contribution in [3.05, 3.63) is 71.7 Å². The summed E-state index contributed by atoms with van der Waals surface area (Å²) in [4.78, 5) is 27.5. The number of carbonyl (C=O) groups excluding carboxylic acids is 1. The van der Waals surface area contributed by atoms with E-state index in [1.54, 1.807) is 12.4 Å². The molecule has 0 aliphatic carbocycles. The predicted molar refractivity (Wildman–Crippen MR) is 108 cm³/mol. The van der Waals surface area contributed by atoms with Crippen LogP contribution in [0, 0.1) is 6.92 Å². The second-order valence-electron chi connectivity index (χ2n) is 7.00. The Morgan fingerprint density at radius 1 is 1.07 bits per heavy atom. The molecule has 3 aromatic rings. The number of pyridine rings is 1. The van der Waals surface area contributed by atoms with Crippen LogP contribution in [0.25, 0.3) is 11.4 Å². The van der Waals surface area contributed by atoms with Gasteiger partial charge < -0.3 is 10.2 Å². The van der Waals surface area contributed by atoms with Crippen LogP contribution >= 0.6 is 0 Å². The standard InChI is InChI=1S/C22H23N5O/c1-16-13-20(26-22(25-16)17-8-11-23-12-9-17)24-10-4-7-21(28)27-14-18-5-2-3-6-19(18)15-27/h2-3,5-6,8-9,11-13H,4,7,10,14-15H2,1H3,(H,24,25,26). The Labute approximate surface area is 164 Å². The Bertz CT molecular complexity index is 949. The summed E-state index contributed by atoms with van der Waals surface area (Å²) >= 11 is 0. The van der Waals surface area contributed by atoms with E-state index in [1.165, 1.54) is 11.1 Å². The number of carbonyl (C=O) groups is 1. The Balaban J connectivity index is 1.29. The quantitative estimate of drug-likeness (QED) is 0.669. The molecule has 2 aromatic heterocycles. The van der Waals surface area contributed by atoms with Gasteiger partial charge in [-0.2, -0.15) is 0 Å². The molecule has 1 aliphatic heterocycles. The summed E-state index contributed by atoms with van der Waals surface area (Å²) in [6.07, 6.45) is 4.76. The number of nitrogens with one attached hydrogen (secondary N) is 1. The average molecular weight is 373 g/mol. The molecule has 142 valence electrons. The zero-order valence-electron chi connectivity index (χ0n) is 15.9. The van der Waals surface area contributed by atoms with E-state index in [0.29, 0.717) is 18.8 Å². The van der Waals surface area contributed by atoms with E-state index in [-0.39, 0.29) is 5.91 Å². The molecule has 1 aliphatic rings. The fourth-order valence-electron chi connectivity index (χ4n) is 3.41. The van der Waals surface area contributed by atoms with Gasteiger partial charge >= 0.3 is 0 Å². The molecular formula is C22H23N5O. The largest absolute Gasteiger partial charge is 0.370 e. The summed E-state index contributed by atoms with van der Waals surface area (Å²) in [5.74, 6) is 1.66. The molecule has 1 aromatic carbocycles. The van der Waals surface area contributed by atoms with Crippen molar-refractivity contribution in [3.63, 3.8) is 0 Å². The number of rotatable bonds is 6. The van der Waals surface area contributed by atoms with Gasteiger partial charge in [0, 0.05) is 55.8 Å². The van der Waals surface area contributed by atoms with Gasteiger partial charge in [0.1, 0.15) is 5.82 Å². The Morgan fingerprint density at radius 3 is 2.50 bits per heavy atom. The molecule has 0 fully saturated rings. The molecule has 4 rings (SSSR count). The number of aromatic nitrogens is 3. The molecule has 28 heavy (non-hydrogen) atoms.